The summed E-state index contributed by atoms with van der Waals surface area (Å²) in [6, 6.07) is 14.0. The van der Waals surface area contributed by atoms with E-state index < -0.39 is 0 Å². The van der Waals surface area contributed by atoms with E-state index >= 15 is 0 Å². The number of nitrogens with zero attached hydrogens (tertiary/aromatic N) is 2. The third kappa shape index (κ3) is 4.67. The van der Waals surface area contributed by atoms with E-state index in [4.69, 9.17) is 0 Å². The Morgan fingerprint density at radius 3 is 2.62 bits per heavy atom. The van der Waals surface area contributed by atoms with Crippen LogP contribution in [-0.4, -0.2) is 29.4 Å². The summed E-state index contributed by atoms with van der Waals surface area (Å²) in [4.78, 5) is 18.1. The average Bonchev–Trinajstić information content (AvgIpc) is 2.52. The van der Waals surface area contributed by atoms with Gasteiger partial charge in [0.05, 0.1) is 5.56 Å². The second kappa shape index (κ2) is 7.93. The molecule has 0 unspecified atom stereocenters. The molecule has 110 valence electrons. The summed E-state index contributed by atoms with van der Waals surface area (Å²) in [5.41, 5.74) is 1.96. The maximum atomic E-state index is 12.3. The lowest BCUT2D eigenvalue weighted by Crippen LogP contribution is -2.28. The van der Waals surface area contributed by atoms with Crippen LogP contribution in [-0.2, 0) is 6.42 Å². The molecule has 0 saturated carbocycles. The van der Waals surface area contributed by atoms with E-state index in [0.29, 0.717) is 10.2 Å². The van der Waals surface area contributed by atoms with Crippen LogP contribution >= 0.6 is 15.9 Å². The zero-order chi connectivity index (χ0) is 15.1. The summed E-state index contributed by atoms with van der Waals surface area (Å²) in [6.07, 6.45) is 4.80. The highest BCUT2D eigenvalue weighted by atomic mass is 79.9. The molecule has 3 nitrogen and oxygen atoms in total. The minimum absolute atomic E-state index is 0.00897. The van der Waals surface area contributed by atoms with Crippen molar-refractivity contribution in [3.63, 3.8) is 0 Å². The number of rotatable bonds is 6. The van der Waals surface area contributed by atoms with Crippen LogP contribution in [0.1, 0.15) is 28.8 Å². The Bertz CT molecular complexity index is 586. The number of hydrogen-bond acceptors (Lipinski definition) is 2. The molecule has 0 bridgehead atoms. The Labute approximate surface area is 134 Å². The maximum absolute atomic E-state index is 12.3. The van der Waals surface area contributed by atoms with Gasteiger partial charge in [0.1, 0.15) is 4.60 Å². The first-order chi connectivity index (χ1) is 10.2. The highest BCUT2D eigenvalue weighted by molar-refractivity contribution is 9.10. The van der Waals surface area contributed by atoms with E-state index in [1.807, 2.05) is 13.1 Å². The van der Waals surface area contributed by atoms with Gasteiger partial charge in [-0.1, -0.05) is 30.3 Å². The molecular formula is C17H19BrN2O. The number of aryl methyl sites for hydroxylation is 1. The summed E-state index contributed by atoms with van der Waals surface area (Å²) < 4.78 is 0.603. The number of amides is 1. The second-order valence-corrected chi connectivity index (χ2v) is 5.76. The number of aromatic nitrogens is 1. The minimum atomic E-state index is 0.00897. The molecule has 0 aliphatic heterocycles. The SMILES string of the molecule is CN(CCCCc1ccccc1)C(=O)c1cccnc1Br. The van der Waals surface area contributed by atoms with Crippen LogP contribution in [0.4, 0.5) is 0 Å². The topological polar surface area (TPSA) is 33.2 Å². The van der Waals surface area contributed by atoms with Gasteiger partial charge >= 0.3 is 0 Å². The monoisotopic (exact) mass is 346 g/mol. The quantitative estimate of drug-likeness (QED) is 0.586. The van der Waals surface area contributed by atoms with Crippen LogP contribution in [0.3, 0.4) is 0 Å². The van der Waals surface area contributed by atoms with Crippen molar-refractivity contribution in [2.75, 3.05) is 13.6 Å². The number of pyridine rings is 1. The molecule has 2 rings (SSSR count). The predicted molar refractivity (Wildman–Crippen MR) is 88.3 cm³/mol. The van der Waals surface area contributed by atoms with Gasteiger partial charge < -0.3 is 4.90 Å². The van der Waals surface area contributed by atoms with Crippen LogP contribution < -0.4 is 0 Å². The number of benzene rings is 1. The van der Waals surface area contributed by atoms with Crippen LogP contribution in [0.5, 0.6) is 0 Å². The Hall–Kier alpha value is -1.68. The number of unbranched alkanes of at least 4 members (excludes halogenated alkanes) is 1. The highest BCUT2D eigenvalue weighted by Crippen LogP contribution is 2.15. The van der Waals surface area contributed by atoms with Crippen molar-refractivity contribution >= 4 is 21.8 Å². The molecule has 0 atom stereocenters. The van der Waals surface area contributed by atoms with E-state index in [1.165, 1.54) is 5.56 Å². The van der Waals surface area contributed by atoms with Gasteiger partial charge in [0.2, 0.25) is 0 Å². The zero-order valence-corrected chi connectivity index (χ0v) is 13.7. The molecular weight excluding hydrogens is 328 g/mol. The van der Waals surface area contributed by atoms with E-state index in [0.717, 1.165) is 25.8 Å². The normalized spacial score (nSPS) is 10.4. The molecule has 0 aliphatic rings. The van der Waals surface area contributed by atoms with Gasteiger partial charge in [-0.3, -0.25) is 4.79 Å². The summed E-state index contributed by atoms with van der Waals surface area (Å²) in [5, 5.41) is 0. The summed E-state index contributed by atoms with van der Waals surface area (Å²) >= 11 is 3.32. The second-order valence-electron chi connectivity index (χ2n) is 5.01. The zero-order valence-electron chi connectivity index (χ0n) is 12.1. The fourth-order valence-corrected chi connectivity index (χ4v) is 2.60. The molecule has 21 heavy (non-hydrogen) atoms. The highest BCUT2D eigenvalue weighted by Gasteiger charge is 2.14. The molecule has 0 spiro atoms. The van der Waals surface area contributed by atoms with Crippen LogP contribution in [0, 0.1) is 0 Å². The van der Waals surface area contributed by atoms with Crippen molar-refractivity contribution in [1.29, 1.82) is 0 Å². The number of halogens is 1. The van der Waals surface area contributed by atoms with E-state index in [1.54, 1.807) is 23.2 Å². The fourth-order valence-electron chi connectivity index (χ4n) is 2.18. The van der Waals surface area contributed by atoms with Crippen molar-refractivity contribution < 1.29 is 4.79 Å². The molecule has 2 aromatic rings. The summed E-state index contributed by atoms with van der Waals surface area (Å²) in [7, 11) is 1.84. The lowest BCUT2D eigenvalue weighted by atomic mass is 10.1. The first kappa shape index (κ1) is 15.7. The van der Waals surface area contributed by atoms with Crippen LogP contribution in [0.15, 0.2) is 53.3 Å². The number of carbonyl (C=O) groups excluding carboxylic acids is 1. The van der Waals surface area contributed by atoms with Gasteiger partial charge in [-0.25, -0.2) is 4.98 Å². The van der Waals surface area contributed by atoms with Gasteiger partial charge in [0.25, 0.3) is 5.91 Å². The average molecular weight is 347 g/mol. The van der Waals surface area contributed by atoms with E-state index in [-0.39, 0.29) is 5.91 Å². The van der Waals surface area contributed by atoms with Crippen molar-refractivity contribution in [3.05, 3.63) is 64.4 Å². The Morgan fingerprint density at radius 1 is 1.14 bits per heavy atom. The number of carbonyl (C=O) groups is 1. The van der Waals surface area contributed by atoms with Gasteiger partial charge in [-0.15, -0.1) is 0 Å². The molecule has 0 fully saturated rings. The Morgan fingerprint density at radius 2 is 1.90 bits per heavy atom. The predicted octanol–water partition coefficient (Wildman–Crippen LogP) is 3.94. The van der Waals surface area contributed by atoms with Crippen molar-refractivity contribution in [1.82, 2.24) is 9.88 Å². The van der Waals surface area contributed by atoms with Crippen molar-refractivity contribution in [3.8, 4) is 0 Å². The smallest absolute Gasteiger partial charge is 0.256 e. The third-order valence-electron chi connectivity index (χ3n) is 3.39. The molecule has 1 aromatic carbocycles. The van der Waals surface area contributed by atoms with Crippen LogP contribution in [0.2, 0.25) is 0 Å². The third-order valence-corrected chi connectivity index (χ3v) is 4.02. The fraction of sp³-hybridized carbons (Fsp3) is 0.294. The lowest BCUT2D eigenvalue weighted by molar-refractivity contribution is 0.0791. The summed E-state index contributed by atoms with van der Waals surface area (Å²) in [6.45, 7) is 0.757. The summed E-state index contributed by atoms with van der Waals surface area (Å²) in [5.74, 6) is 0.00897. The van der Waals surface area contributed by atoms with Crippen molar-refractivity contribution in [2.24, 2.45) is 0 Å². The molecule has 1 amide bonds. The largest absolute Gasteiger partial charge is 0.342 e. The van der Waals surface area contributed by atoms with Crippen LogP contribution in [0.25, 0.3) is 0 Å². The van der Waals surface area contributed by atoms with Gasteiger partial charge in [-0.2, -0.15) is 0 Å². The Kier molecular flexibility index (Phi) is 5.93. The number of hydrogen-bond donors (Lipinski definition) is 0. The van der Waals surface area contributed by atoms with E-state index in [9.17, 15) is 4.79 Å². The standard InChI is InChI=1S/C17H19BrN2O/c1-20(17(21)15-11-7-12-19-16(15)18)13-6-5-10-14-8-3-2-4-9-14/h2-4,7-9,11-12H,5-6,10,13H2,1H3. The first-order valence-electron chi connectivity index (χ1n) is 7.08. The first-order valence-corrected chi connectivity index (χ1v) is 7.87. The molecule has 1 aromatic heterocycles. The van der Waals surface area contributed by atoms with Gasteiger partial charge in [0.15, 0.2) is 0 Å². The van der Waals surface area contributed by atoms with Gasteiger partial charge in [-0.05, 0) is 52.9 Å². The maximum Gasteiger partial charge on any atom is 0.256 e. The molecule has 4 heteroatoms. The molecule has 0 N–H and O–H groups in total. The molecule has 0 saturated heterocycles. The molecule has 0 radical (unpaired) electrons. The molecule has 1 heterocycles. The lowest BCUT2D eigenvalue weighted by Gasteiger charge is -2.17. The van der Waals surface area contributed by atoms with E-state index in [2.05, 4.69) is 45.2 Å². The van der Waals surface area contributed by atoms with Crippen molar-refractivity contribution in [2.45, 2.75) is 19.3 Å². The Balaban J connectivity index is 1.78. The van der Waals surface area contributed by atoms with Gasteiger partial charge in [0, 0.05) is 19.8 Å². The minimum Gasteiger partial charge on any atom is -0.342 e. The molecule has 0 aliphatic carbocycles.